The quantitative estimate of drug-likeness (QED) is 0.927. The number of halogens is 2. The summed E-state index contributed by atoms with van der Waals surface area (Å²) in [6, 6.07) is 4.34. The van der Waals surface area contributed by atoms with Crippen molar-refractivity contribution in [2.45, 2.75) is 31.3 Å². The fourth-order valence-electron chi connectivity index (χ4n) is 3.58. The lowest BCUT2D eigenvalue weighted by Crippen LogP contribution is -2.39. The first kappa shape index (κ1) is 14.9. The molecule has 0 amide bonds. The second kappa shape index (κ2) is 6.38. The molecule has 0 saturated carbocycles. The Labute approximate surface area is 124 Å². The van der Waals surface area contributed by atoms with Gasteiger partial charge in [0.05, 0.1) is 0 Å². The minimum Gasteiger partial charge on any atom is -0.323 e. The van der Waals surface area contributed by atoms with Crippen molar-refractivity contribution in [3.63, 3.8) is 0 Å². The maximum atomic E-state index is 13.3. The third-order valence-electron chi connectivity index (χ3n) is 4.71. The summed E-state index contributed by atoms with van der Waals surface area (Å²) in [5, 5.41) is 0. The van der Waals surface area contributed by atoms with Crippen molar-refractivity contribution >= 4 is 0 Å². The van der Waals surface area contributed by atoms with Crippen molar-refractivity contribution in [3.05, 3.63) is 35.4 Å². The first-order chi connectivity index (χ1) is 10.1. The van der Waals surface area contributed by atoms with Gasteiger partial charge in [0.2, 0.25) is 0 Å². The van der Waals surface area contributed by atoms with Crippen LogP contribution in [-0.4, -0.2) is 48.6 Å². The van der Waals surface area contributed by atoms with Gasteiger partial charge in [-0.25, -0.2) is 8.78 Å². The molecule has 2 saturated heterocycles. The monoisotopic (exact) mass is 295 g/mol. The van der Waals surface area contributed by atoms with Crippen molar-refractivity contribution in [1.82, 2.24) is 9.80 Å². The van der Waals surface area contributed by atoms with E-state index in [1.807, 2.05) is 0 Å². The zero-order valence-electron chi connectivity index (χ0n) is 12.3. The van der Waals surface area contributed by atoms with Gasteiger partial charge in [-0.3, -0.25) is 9.80 Å². The number of hydrogen-bond acceptors (Lipinski definition) is 3. The Morgan fingerprint density at radius 2 is 1.95 bits per heavy atom. The zero-order valence-corrected chi connectivity index (χ0v) is 12.3. The molecule has 5 heteroatoms. The molecule has 3 nitrogen and oxygen atoms in total. The van der Waals surface area contributed by atoms with Crippen molar-refractivity contribution in [3.8, 4) is 0 Å². The van der Waals surface area contributed by atoms with E-state index in [4.69, 9.17) is 5.73 Å². The van der Waals surface area contributed by atoms with Gasteiger partial charge in [-0.15, -0.1) is 0 Å². The summed E-state index contributed by atoms with van der Waals surface area (Å²) in [4.78, 5) is 4.95. The van der Waals surface area contributed by atoms with Gasteiger partial charge in [0, 0.05) is 25.2 Å². The van der Waals surface area contributed by atoms with E-state index in [-0.39, 0.29) is 6.04 Å². The predicted octanol–water partition coefficient (Wildman–Crippen LogP) is 2.13. The van der Waals surface area contributed by atoms with Gasteiger partial charge < -0.3 is 5.73 Å². The lowest BCUT2D eigenvalue weighted by molar-refractivity contribution is 0.213. The van der Waals surface area contributed by atoms with E-state index in [0.717, 1.165) is 25.6 Å². The molecule has 116 valence electrons. The highest BCUT2D eigenvalue weighted by Crippen LogP contribution is 2.23. The van der Waals surface area contributed by atoms with Gasteiger partial charge in [0.15, 0.2) is 11.6 Å². The van der Waals surface area contributed by atoms with Crippen molar-refractivity contribution in [2.75, 3.05) is 32.7 Å². The van der Waals surface area contributed by atoms with Gasteiger partial charge in [0.25, 0.3) is 0 Å². The molecule has 21 heavy (non-hydrogen) atoms. The van der Waals surface area contributed by atoms with Gasteiger partial charge in [-0.1, -0.05) is 6.07 Å². The van der Waals surface area contributed by atoms with Crippen molar-refractivity contribution < 1.29 is 8.78 Å². The van der Waals surface area contributed by atoms with Crippen LogP contribution < -0.4 is 5.73 Å². The Kier molecular flexibility index (Phi) is 4.52. The minimum atomic E-state index is -0.819. The molecule has 0 radical (unpaired) electrons. The smallest absolute Gasteiger partial charge is 0.159 e. The van der Waals surface area contributed by atoms with Crippen LogP contribution in [0.1, 0.15) is 30.9 Å². The number of fused-ring (bicyclic) bond motifs is 1. The molecule has 2 heterocycles. The van der Waals surface area contributed by atoms with Crippen LogP contribution in [0.2, 0.25) is 0 Å². The molecule has 0 bridgehead atoms. The highest BCUT2D eigenvalue weighted by atomic mass is 19.2. The molecular formula is C16H23F2N3. The average molecular weight is 295 g/mol. The summed E-state index contributed by atoms with van der Waals surface area (Å²) in [6.45, 7) is 5.16. The second-order valence-corrected chi connectivity index (χ2v) is 6.23. The molecule has 2 unspecified atom stereocenters. The lowest BCUT2D eigenvalue weighted by Gasteiger charge is -2.27. The van der Waals surface area contributed by atoms with Crippen LogP contribution in [0.15, 0.2) is 18.2 Å². The lowest BCUT2D eigenvalue weighted by atomic mass is 10.1. The third-order valence-corrected chi connectivity index (χ3v) is 4.71. The van der Waals surface area contributed by atoms with Gasteiger partial charge in [0.1, 0.15) is 0 Å². The Bertz CT molecular complexity index is 494. The molecule has 1 aromatic carbocycles. The summed E-state index contributed by atoms with van der Waals surface area (Å²) >= 11 is 0. The summed E-state index contributed by atoms with van der Waals surface area (Å²) in [5.74, 6) is -1.64. The Morgan fingerprint density at radius 3 is 2.76 bits per heavy atom. The largest absolute Gasteiger partial charge is 0.323 e. The first-order valence-corrected chi connectivity index (χ1v) is 7.80. The van der Waals surface area contributed by atoms with Crippen LogP contribution in [0.5, 0.6) is 0 Å². The fraction of sp³-hybridized carbons (Fsp3) is 0.625. The highest BCUT2D eigenvalue weighted by molar-refractivity contribution is 5.21. The molecule has 2 aliphatic rings. The highest BCUT2D eigenvalue weighted by Gasteiger charge is 2.29. The topological polar surface area (TPSA) is 32.5 Å². The molecule has 2 atom stereocenters. The SMILES string of the molecule is NC(CN1CCCN2CCCC2C1)c1ccc(F)c(F)c1. The molecule has 2 fully saturated rings. The maximum Gasteiger partial charge on any atom is 0.159 e. The number of nitrogens with two attached hydrogens (primary N) is 1. The van der Waals surface area contributed by atoms with E-state index in [1.54, 1.807) is 6.07 Å². The maximum absolute atomic E-state index is 13.3. The van der Waals surface area contributed by atoms with E-state index in [1.165, 1.54) is 32.0 Å². The minimum absolute atomic E-state index is 0.270. The second-order valence-electron chi connectivity index (χ2n) is 6.23. The Hall–Kier alpha value is -1.04. The molecule has 1 aromatic rings. The van der Waals surface area contributed by atoms with E-state index in [2.05, 4.69) is 9.80 Å². The van der Waals surface area contributed by atoms with Crippen LogP contribution in [0.25, 0.3) is 0 Å². The standard InChI is InChI=1S/C16H23F2N3/c17-14-5-4-12(9-15(14)18)16(19)11-20-6-2-8-21-7-1-3-13(21)10-20/h4-5,9,13,16H,1-3,6-8,10-11,19H2. The van der Waals surface area contributed by atoms with Crippen molar-refractivity contribution in [2.24, 2.45) is 5.73 Å². The van der Waals surface area contributed by atoms with Crippen molar-refractivity contribution in [1.29, 1.82) is 0 Å². The molecule has 0 aliphatic carbocycles. The number of nitrogens with zero attached hydrogens (tertiary/aromatic N) is 2. The number of rotatable bonds is 3. The van der Waals surface area contributed by atoms with Crippen LogP contribution >= 0.6 is 0 Å². The zero-order chi connectivity index (χ0) is 14.8. The van der Waals surface area contributed by atoms with E-state index < -0.39 is 11.6 Å². The van der Waals surface area contributed by atoms with Crippen LogP contribution in [-0.2, 0) is 0 Å². The molecule has 3 rings (SSSR count). The third kappa shape index (κ3) is 3.42. The summed E-state index contributed by atoms with van der Waals surface area (Å²) in [6.07, 6.45) is 3.70. The van der Waals surface area contributed by atoms with E-state index >= 15 is 0 Å². The van der Waals surface area contributed by atoms with Gasteiger partial charge in [-0.05, 0) is 56.6 Å². The van der Waals surface area contributed by atoms with E-state index in [0.29, 0.717) is 18.2 Å². The Balaban J connectivity index is 1.63. The van der Waals surface area contributed by atoms with Gasteiger partial charge in [-0.2, -0.15) is 0 Å². The molecule has 2 N–H and O–H groups in total. The summed E-state index contributed by atoms with van der Waals surface area (Å²) in [5.41, 5.74) is 6.86. The summed E-state index contributed by atoms with van der Waals surface area (Å²) in [7, 11) is 0. The molecule has 0 aromatic heterocycles. The molecule has 0 spiro atoms. The predicted molar refractivity (Wildman–Crippen MR) is 78.9 cm³/mol. The average Bonchev–Trinajstić information content (AvgIpc) is 2.80. The molecular weight excluding hydrogens is 272 g/mol. The fourth-order valence-corrected chi connectivity index (χ4v) is 3.58. The number of hydrogen-bond donors (Lipinski definition) is 1. The van der Waals surface area contributed by atoms with Crippen LogP contribution in [0.3, 0.4) is 0 Å². The summed E-state index contributed by atoms with van der Waals surface area (Å²) < 4.78 is 26.3. The molecule has 2 aliphatic heterocycles. The van der Waals surface area contributed by atoms with E-state index in [9.17, 15) is 8.78 Å². The Morgan fingerprint density at radius 1 is 1.14 bits per heavy atom. The first-order valence-electron chi connectivity index (χ1n) is 7.80. The van der Waals surface area contributed by atoms with Crippen LogP contribution in [0.4, 0.5) is 8.78 Å². The van der Waals surface area contributed by atoms with Gasteiger partial charge >= 0.3 is 0 Å². The number of benzene rings is 1. The van der Waals surface area contributed by atoms with Crippen LogP contribution in [0, 0.1) is 11.6 Å². The normalized spacial score (nSPS) is 25.6.